The van der Waals surface area contributed by atoms with Crippen molar-refractivity contribution in [1.29, 1.82) is 0 Å². The number of nitrogens with zero attached hydrogens (tertiary/aromatic N) is 2. The van der Waals surface area contributed by atoms with Crippen LogP contribution in [0.5, 0.6) is 0 Å². The molecule has 32 heavy (non-hydrogen) atoms. The second kappa shape index (κ2) is 8.44. The van der Waals surface area contributed by atoms with Crippen molar-refractivity contribution < 1.29 is 16.8 Å². The number of rotatable bonds is 5. The van der Waals surface area contributed by atoms with Gasteiger partial charge in [0.2, 0.25) is 20.0 Å². The van der Waals surface area contributed by atoms with Crippen LogP contribution in [0.4, 0.5) is 0 Å². The molecule has 0 radical (unpaired) electrons. The van der Waals surface area contributed by atoms with E-state index in [1.54, 1.807) is 56.3 Å². The van der Waals surface area contributed by atoms with Crippen LogP contribution in [-0.2, 0) is 20.0 Å². The van der Waals surface area contributed by atoms with E-state index >= 15 is 0 Å². The molecule has 0 spiro atoms. The molecular weight excluding hydrogens is 444 g/mol. The van der Waals surface area contributed by atoms with Crippen molar-refractivity contribution in [3.63, 3.8) is 0 Å². The van der Waals surface area contributed by atoms with Crippen LogP contribution in [0.2, 0.25) is 0 Å². The first-order chi connectivity index (χ1) is 15.1. The molecule has 0 N–H and O–H groups in total. The fraction of sp³-hybridized carbons (Fsp3) is 0.250. The summed E-state index contributed by atoms with van der Waals surface area (Å²) in [5.74, 6) is 0. The van der Waals surface area contributed by atoms with Gasteiger partial charge >= 0.3 is 0 Å². The van der Waals surface area contributed by atoms with Crippen LogP contribution < -0.4 is 0 Å². The van der Waals surface area contributed by atoms with Crippen LogP contribution in [-0.4, -0.2) is 38.5 Å². The zero-order valence-corrected chi connectivity index (χ0v) is 19.9. The van der Waals surface area contributed by atoms with E-state index in [4.69, 9.17) is 0 Å². The Bertz CT molecular complexity index is 1320. The van der Waals surface area contributed by atoms with Gasteiger partial charge in [-0.25, -0.2) is 16.8 Å². The Morgan fingerprint density at radius 1 is 0.688 bits per heavy atom. The number of hydrogen-bond acceptors (Lipinski definition) is 4. The van der Waals surface area contributed by atoms with E-state index in [1.165, 1.54) is 20.7 Å². The molecule has 0 bridgehead atoms. The standard InChI is InChI=1S/C24H26N2O4S2/c1-18-16-19(2)23(20(3)17-18)32(29,30)26-15-14-25(24(26)21-10-6-4-7-11-21)31(27,28)22-12-8-5-9-13-22/h4-13,16-17,24H,14-15H2,1-3H3/t24-/m0/s1. The quantitative estimate of drug-likeness (QED) is 0.565. The lowest BCUT2D eigenvalue weighted by Gasteiger charge is -2.30. The predicted molar refractivity (Wildman–Crippen MR) is 124 cm³/mol. The van der Waals surface area contributed by atoms with E-state index in [1.807, 2.05) is 25.1 Å². The van der Waals surface area contributed by atoms with Crippen LogP contribution in [0.15, 0.2) is 82.6 Å². The molecule has 0 aliphatic carbocycles. The van der Waals surface area contributed by atoms with Crippen molar-refractivity contribution in [2.45, 2.75) is 36.7 Å². The minimum atomic E-state index is -3.96. The maximum absolute atomic E-state index is 13.9. The van der Waals surface area contributed by atoms with Gasteiger partial charge < -0.3 is 0 Å². The van der Waals surface area contributed by atoms with E-state index in [0.29, 0.717) is 16.7 Å². The molecule has 0 amide bonds. The van der Waals surface area contributed by atoms with E-state index in [9.17, 15) is 16.8 Å². The first kappa shape index (κ1) is 22.7. The Labute approximate surface area is 190 Å². The van der Waals surface area contributed by atoms with E-state index in [0.717, 1.165) is 5.56 Å². The van der Waals surface area contributed by atoms with Crippen molar-refractivity contribution in [2.24, 2.45) is 0 Å². The molecule has 0 saturated carbocycles. The van der Waals surface area contributed by atoms with Gasteiger partial charge in [-0.3, -0.25) is 0 Å². The number of aryl methyl sites for hydroxylation is 3. The minimum absolute atomic E-state index is 0.0694. The summed E-state index contributed by atoms with van der Waals surface area (Å²) in [6.45, 7) is 5.62. The predicted octanol–water partition coefficient (Wildman–Crippen LogP) is 4.01. The fourth-order valence-electron chi connectivity index (χ4n) is 4.47. The van der Waals surface area contributed by atoms with E-state index < -0.39 is 26.2 Å². The van der Waals surface area contributed by atoms with Gasteiger partial charge in [-0.05, 0) is 49.6 Å². The molecule has 1 fully saturated rings. The second-order valence-corrected chi connectivity index (χ2v) is 11.8. The monoisotopic (exact) mass is 470 g/mol. The lowest BCUT2D eigenvalue weighted by atomic mass is 10.1. The van der Waals surface area contributed by atoms with Gasteiger partial charge in [0.05, 0.1) is 9.79 Å². The molecule has 6 nitrogen and oxygen atoms in total. The van der Waals surface area contributed by atoms with Crippen molar-refractivity contribution in [1.82, 2.24) is 8.61 Å². The Balaban J connectivity index is 1.87. The van der Waals surface area contributed by atoms with Crippen LogP contribution in [0.1, 0.15) is 28.4 Å². The summed E-state index contributed by atoms with van der Waals surface area (Å²) < 4.78 is 57.4. The molecule has 3 aromatic rings. The molecule has 1 saturated heterocycles. The molecule has 0 unspecified atom stereocenters. The molecule has 1 atom stereocenters. The Kier molecular flexibility index (Phi) is 5.98. The number of benzene rings is 3. The highest BCUT2D eigenvalue weighted by atomic mass is 32.2. The maximum atomic E-state index is 13.9. The zero-order chi connectivity index (χ0) is 23.1. The summed E-state index contributed by atoms with van der Waals surface area (Å²) in [5.41, 5.74) is 2.89. The van der Waals surface area contributed by atoms with Gasteiger partial charge in [0, 0.05) is 13.1 Å². The van der Waals surface area contributed by atoms with Gasteiger partial charge in [-0.1, -0.05) is 66.2 Å². The minimum Gasteiger partial charge on any atom is -0.207 e. The lowest BCUT2D eigenvalue weighted by Crippen LogP contribution is -2.38. The maximum Gasteiger partial charge on any atom is 0.245 e. The smallest absolute Gasteiger partial charge is 0.207 e. The molecule has 1 heterocycles. The topological polar surface area (TPSA) is 74.8 Å². The zero-order valence-electron chi connectivity index (χ0n) is 18.3. The summed E-state index contributed by atoms with van der Waals surface area (Å²) in [7, 11) is -7.87. The van der Waals surface area contributed by atoms with Crippen molar-refractivity contribution in [2.75, 3.05) is 13.1 Å². The third-order valence-electron chi connectivity index (χ3n) is 5.71. The van der Waals surface area contributed by atoms with E-state index in [2.05, 4.69) is 0 Å². The first-order valence-electron chi connectivity index (χ1n) is 10.4. The third kappa shape index (κ3) is 3.88. The van der Waals surface area contributed by atoms with Crippen LogP contribution >= 0.6 is 0 Å². The number of sulfonamides is 2. The van der Waals surface area contributed by atoms with Gasteiger partial charge in [0.15, 0.2) is 0 Å². The summed E-state index contributed by atoms with van der Waals surface area (Å²) in [5, 5.41) is 0. The van der Waals surface area contributed by atoms with Crippen LogP contribution in [0, 0.1) is 20.8 Å². The van der Waals surface area contributed by atoms with Crippen LogP contribution in [0.3, 0.4) is 0 Å². The highest BCUT2D eigenvalue weighted by Crippen LogP contribution is 2.39. The highest BCUT2D eigenvalue weighted by Gasteiger charge is 2.47. The van der Waals surface area contributed by atoms with Gasteiger partial charge in [-0.15, -0.1) is 0 Å². The third-order valence-corrected chi connectivity index (χ3v) is 9.73. The van der Waals surface area contributed by atoms with Crippen LogP contribution in [0.25, 0.3) is 0 Å². The molecule has 1 aliphatic heterocycles. The highest BCUT2D eigenvalue weighted by molar-refractivity contribution is 7.90. The van der Waals surface area contributed by atoms with Crippen molar-refractivity contribution in [3.8, 4) is 0 Å². The van der Waals surface area contributed by atoms with Gasteiger partial charge in [0.25, 0.3) is 0 Å². The average Bonchev–Trinajstić information content (AvgIpc) is 3.21. The molecule has 0 aromatic heterocycles. The summed E-state index contributed by atoms with van der Waals surface area (Å²) in [4.78, 5) is 0.380. The Morgan fingerprint density at radius 3 is 1.69 bits per heavy atom. The second-order valence-electron chi connectivity index (χ2n) is 8.06. The average molecular weight is 471 g/mol. The fourth-order valence-corrected chi connectivity index (χ4v) is 8.10. The summed E-state index contributed by atoms with van der Waals surface area (Å²) >= 11 is 0. The summed E-state index contributed by atoms with van der Waals surface area (Å²) in [6, 6.07) is 20.7. The Morgan fingerprint density at radius 2 is 1.16 bits per heavy atom. The molecule has 4 rings (SSSR count). The van der Waals surface area contributed by atoms with Crippen molar-refractivity contribution in [3.05, 3.63) is 95.1 Å². The SMILES string of the molecule is Cc1cc(C)c(S(=O)(=O)N2CCN(S(=O)(=O)c3ccccc3)[C@@H]2c2ccccc2)c(C)c1. The van der Waals surface area contributed by atoms with Gasteiger partial charge in [0.1, 0.15) is 6.17 Å². The van der Waals surface area contributed by atoms with Crippen molar-refractivity contribution >= 4 is 20.0 Å². The molecule has 168 valence electrons. The molecular formula is C24H26N2O4S2. The Hall–Kier alpha value is -2.52. The number of hydrogen-bond donors (Lipinski definition) is 0. The molecule has 1 aliphatic rings. The van der Waals surface area contributed by atoms with Gasteiger partial charge in [-0.2, -0.15) is 8.61 Å². The largest absolute Gasteiger partial charge is 0.245 e. The lowest BCUT2D eigenvalue weighted by molar-refractivity contribution is 0.292. The first-order valence-corrected chi connectivity index (χ1v) is 13.2. The molecule has 3 aromatic carbocycles. The normalized spacial score (nSPS) is 18.2. The van der Waals surface area contributed by atoms with E-state index in [-0.39, 0.29) is 22.9 Å². The molecule has 8 heteroatoms. The summed E-state index contributed by atoms with van der Waals surface area (Å²) in [6.07, 6.45) is -0.966.